The number of aromatic nitrogens is 1. The van der Waals surface area contributed by atoms with Crippen molar-refractivity contribution in [3.63, 3.8) is 0 Å². The molecule has 0 radical (unpaired) electrons. The van der Waals surface area contributed by atoms with Crippen LogP contribution < -0.4 is 0 Å². The van der Waals surface area contributed by atoms with Gasteiger partial charge in [-0.2, -0.15) is 0 Å². The van der Waals surface area contributed by atoms with E-state index in [2.05, 4.69) is 30.7 Å². The molecule has 0 aromatic carbocycles. The Kier molecular flexibility index (Phi) is 4.42. The van der Waals surface area contributed by atoms with Crippen molar-refractivity contribution in [3.05, 3.63) is 16.1 Å². The molecule has 2 heterocycles. The standard InChI is InChI=1S/C12H19ClN2OS/c1-8-5-15(6-9(2)16-8)10(3)12-14-11(4-13)7-17-12/h7-10H,4-6H2,1-3H3. The Bertz CT molecular complexity index is 361. The lowest BCUT2D eigenvalue weighted by molar-refractivity contribution is -0.0789. The molecular weight excluding hydrogens is 256 g/mol. The largest absolute Gasteiger partial charge is 0.373 e. The van der Waals surface area contributed by atoms with Crippen molar-refractivity contribution >= 4 is 22.9 Å². The zero-order valence-electron chi connectivity index (χ0n) is 10.5. The van der Waals surface area contributed by atoms with Gasteiger partial charge in [0.2, 0.25) is 0 Å². The Balaban J connectivity index is 2.05. The van der Waals surface area contributed by atoms with Crippen LogP contribution in [0.2, 0.25) is 0 Å². The molecular formula is C12H19ClN2OS. The van der Waals surface area contributed by atoms with Gasteiger partial charge >= 0.3 is 0 Å². The Morgan fingerprint density at radius 3 is 2.71 bits per heavy atom. The molecule has 0 amide bonds. The van der Waals surface area contributed by atoms with Gasteiger partial charge in [0, 0.05) is 18.5 Å². The topological polar surface area (TPSA) is 25.4 Å². The van der Waals surface area contributed by atoms with Crippen LogP contribution >= 0.6 is 22.9 Å². The van der Waals surface area contributed by atoms with Gasteiger partial charge in [-0.1, -0.05) is 0 Å². The third-order valence-electron chi connectivity index (χ3n) is 3.06. The molecule has 1 aromatic rings. The number of nitrogens with zero attached hydrogens (tertiary/aromatic N) is 2. The molecule has 2 rings (SSSR count). The fourth-order valence-electron chi connectivity index (χ4n) is 2.27. The minimum absolute atomic E-state index is 0.300. The van der Waals surface area contributed by atoms with Crippen molar-refractivity contribution in [2.45, 2.75) is 44.9 Å². The minimum Gasteiger partial charge on any atom is -0.373 e. The van der Waals surface area contributed by atoms with Crippen molar-refractivity contribution in [1.82, 2.24) is 9.88 Å². The van der Waals surface area contributed by atoms with E-state index >= 15 is 0 Å². The van der Waals surface area contributed by atoms with Gasteiger partial charge in [-0.15, -0.1) is 22.9 Å². The number of hydrogen-bond acceptors (Lipinski definition) is 4. The maximum Gasteiger partial charge on any atom is 0.110 e. The quantitative estimate of drug-likeness (QED) is 0.792. The monoisotopic (exact) mass is 274 g/mol. The second-order valence-corrected chi connectivity index (χ2v) is 5.85. The van der Waals surface area contributed by atoms with Gasteiger partial charge in [-0.3, -0.25) is 4.90 Å². The summed E-state index contributed by atoms with van der Waals surface area (Å²) in [4.78, 5) is 7.00. The second-order valence-electron chi connectivity index (χ2n) is 4.70. The SMILES string of the molecule is CC1CN(C(C)c2nc(CCl)cs2)CC(C)O1. The van der Waals surface area contributed by atoms with Crippen LogP contribution in [0.25, 0.3) is 0 Å². The fourth-order valence-corrected chi connectivity index (χ4v) is 3.40. The first-order valence-corrected chi connectivity index (χ1v) is 7.41. The summed E-state index contributed by atoms with van der Waals surface area (Å²) in [5.41, 5.74) is 0.980. The zero-order valence-corrected chi connectivity index (χ0v) is 12.1. The molecule has 3 atom stereocenters. The summed E-state index contributed by atoms with van der Waals surface area (Å²) in [6.07, 6.45) is 0.599. The summed E-state index contributed by atoms with van der Waals surface area (Å²) in [5, 5.41) is 3.20. The van der Waals surface area contributed by atoms with Crippen LogP contribution in [0.4, 0.5) is 0 Å². The maximum absolute atomic E-state index is 5.79. The van der Waals surface area contributed by atoms with Crippen LogP contribution in [0.1, 0.15) is 37.5 Å². The number of alkyl halides is 1. The number of ether oxygens (including phenoxy) is 1. The van der Waals surface area contributed by atoms with Gasteiger partial charge < -0.3 is 4.74 Å². The number of morpholine rings is 1. The van der Waals surface area contributed by atoms with Gasteiger partial charge in [-0.05, 0) is 20.8 Å². The van der Waals surface area contributed by atoms with Gasteiger partial charge in [-0.25, -0.2) is 4.98 Å². The number of hydrogen-bond donors (Lipinski definition) is 0. The summed E-state index contributed by atoms with van der Waals surface area (Å²) in [6, 6.07) is 0.353. The summed E-state index contributed by atoms with van der Waals surface area (Å²) in [5.74, 6) is 0.499. The highest BCUT2D eigenvalue weighted by molar-refractivity contribution is 7.09. The molecule has 3 nitrogen and oxygen atoms in total. The summed E-state index contributed by atoms with van der Waals surface area (Å²) >= 11 is 7.49. The van der Waals surface area contributed by atoms with Crippen LogP contribution in [0.3, 0.4) is 0 Å². The van der Waals surface area contributed by atoms with E-state index in [0.717, 1.165) is 23.8 Å². The zero-order chi connectivity index (χ0) is 12.4. The van der Waals surface area contributed by atoms with Crippen LogP contribution in [0.5, 0.6) is 0 Å². The van der Waals surface area contributed by atoms with Crippen LogP contribution in [0.15, 0.2) is 5.38 Å². The molecule has 0 aliphatic carbocycles. The highest BCUT2D eigenvalue weighted by Gasteiger charge is 2.27. The van der Waals surface area contributed by atoms with E-state index in [-0.39, 0.29) is 0 Å². The molecule has 1 aliphatic heterocycles. The average Bonchev–Trinajstić information content (AvgIpc) is 2.75. The molecule has 0 N–H and O–H groups in total. The smallest absolute Gasteiger partial charge is 0.110 e. The van der Waals surface area contributed by atoms with Gasteiger partial charge in [0.15, 0.2) is 0 Å². The van der Waals surface area contributed by atoms with Crippen molar-refractivity contribution < 1.29 is 4.74 Å². The molecule has 1 aliphatic rings. The summed E-state index contributed by atoms with van der Waals surface area (Å²) in [7, 11) is 0. The third kappa shape index (κ3) is 3.19. The van der Waals surface area contributed by atoms with Crippen molar-refractivity contribution in [3.8, 4) is 0 Å². The first-order chi connectivity index (χ1) is 8.10. The molecule has 0 spiro atoms. The Labute approximate surface area is 112 Å². The average molecular weight is 275 g/mol. The molecule has 5 heteroatoms. The highest BCUT2D eigenvalue weighted by Crippen LogP contribution is 2.27. The lowest BCUT2D eigenvalue weighted by Gasteiger charge is -2.38. The lowest BCUT2D eigenvalue weighted by atomic mass is 10.2. The predicted octanol–water partition coefficient (Wildman–Crippen LogP) is 3.05. The van der Waals surface area contributed by atoms with Crippen LogP contribution in [-0.4, -0.2) is 35.2 Å². The van der Waals surface area contributed by atoms with Crippen LogP contribution in [0, 0.1) is 0 Å². The Morgan fingerprint density at radius 2 is 2.18 bits per heavy atom. The van der Waals surface area contributed by atoms with Crippen molar-refractivity contribution in [2.24, 2.45) is 0 Å². The van der Waals surface area contributed by atoms with Crippen molar-refractivity contribution in [1.29, 1.82) is 0 Å². The molecule has 17 heavy (non-hydrogen) atoms. The number of thiazole rings is 1. The summed E-state index contributed by atoms with van der Waals surface area (Å²) < 4.78 is 5.75. The molecule has 3 unspecified atom stereocenters. The normalized spacial score (nSPS) is 28.2. The summed E-state index contributed by atoms with van der Waals surface area (Å²) in [6.45, 7) is 8.41. The Morgan fingerprint density at radius 1 is 1.53 bits per heavy atom. The van der Waals surface area contributed by atoms with E-state index < -0.39 is 0 Å². The molecule has 1 aromatic heterocycles. The van der Waals surface area contributed by atoms with E-state index in [1.54, 1.807) is 11.3 Å². The van der Waals surface area contributed by atoms with Crippen LogP contribution in [-0.2, 0) is 10.6 Å². The molecule has 96 valence electrons. The first-order valence-electron chi connectivity index (χ1n) is 6.00. The fraction of sp³-hybridized carbons (Fsp3) is 0.750. The number of halogens is 1. The first kappa shape index (κ1) is 13.3. The number of rotatable bonds is 3. The molecule has 1 fully saturated rings. The van der Waals surface area contributed by atoms with Gasteiger partial charge in [0.25, 0.3) is 0 Å². The predicted molar refractivity (Wildman–Crippen MR) is 71.7 cm³/mol. The van der Waals surface area contributed by atoms with Gasteiger partial charge in [0.1, 0.15) is 5.01 Å². The minimum atomic E-state index is 0.300. The Hall–Kier alpha value is -0.160. The molecule has 0 bridgehead atoms. The van der Waals surface area contributed by atoms with E-state index in [1.807, 2.05) is 5.38 Å². The second kappa shape index (κ2) is 5.65. The van der Waals surface area contributed by atoms with E-state index in [1.165, 1.54) is 0 Å². The van der Waals surface area contributed by atoms with Gasteiger partial charge in [0.05, 0.1) is 29.8 Å². The van der Waals surface area contributed by atoms with Crippen molar-refractivity contribution in [2.75, 3.05) is 13.1 Å². The maximum atomic E-state index is 5.79. The van der Waals surface area contributed by atoms with E-state index in [4.69, 9.17) is 16.3 Å². The van der Waals surface area contributed by atoms with E-state index in [9.17, 15) is 0 Å². The third-order valence-corrected chi connectivity index (χ3v) is 4.40. The van der Waals surface area contributed by atoms with E-state index in [0.29, 0.717) is 24.1 Å². The highest BCUT2D eigenvalue weighted by atomic mass is 35.5. The molecule has 1 saturated heterocycles. The molecule has 0 saturated carbocycles. The lowest BCUT2D eigenvalue weighted by Crippen LogP contribution is -2.46.